The molecule has 1 unspecified atom stereocenters. The maximum Gasteiger partial charge on any atom is 0.244 e. The van der Waals surface area contributed by atoms with E-state index in [2.05, 4.69) is 17.4 Å². The molecule has 0 spiro atoms. The van der Waals surface area contributed by atoms with Crippen LogP contribution in [0.3, 0.4) is 0 Å². The molecule has 3 rings (SSSR count). The van der Waals surface area contributed by atoms with Crippen molar-refractivity contribution >= 4 is 23.7 Å². The van der Waals surface area contributed by atoms with Crippen molar-refractivity contribution in [1.29, 1.82) is 0 Å². The molecule has 1 aromatic carbocycles. The predicted octanol–water partition coefficient (Wildman–Crippen LogP) is 3.65. The summed E-state index contributed by atoms with van der Waals surface area (Å²) in [5.41, 5.74) is 1.21. The van der Waals surface area contributed by atoms with Crippen molar-refractivity contribution in [3.63, 3.8) is 0 Å². The van der Waals surface area contributed by atoms with Crippen LogP contribution in [0.1, 0.15) is 23.8 Å². The van der Waals surface area contributed by atoms with Gasteiger partial charge in [-0.3, -0.25) is 4.79 Å². The number of fused-ring (bicyclic) bond motifs is 1. The van der Waals surface area contributed by atoms with Gasteiger partial charge in [-0.25, -0.2) is 0 Å². The van der Waals surface area contributed by atoms with E-state index in [4.69, 9.17) is 4.42 Å². The Morgan fingerprint density at radius 1 is 1.30 bits per heavy atom. The molecule has 1 amide bonds. The number of hydrogen-bond acceptors (Lipinski definition) is 3. The molecule has 0 saturated carbocycles. The van der Waals surface area contributed by atoms with Gasteiger partial charge < -0.3 is 9.73 Å². The number of carbonyl (C=O) groups excluding carboxylic acids is 1. The van der Waals surface area contributed by atoms with Crippen molar-refractivity contribution in [2.45, 2.75) is 17.4 Å². The first-order chi connectivity index (χ1) is 9.83. The van der Waals surface area contributed by atoms with E-state index in [0.717, 1.165) is 12.2 Å². The van der Waals surface area contributed by atoms with Crippen LogP contribution in [0.4, 0.5) is 0 Å². The lowest BCUT2D eigenvalue weighted by Crippen LogP contribution is -2.29. The molecule has 102 valence electrons. The average Bonchev–Trinajstić information content (AvgIpc) is 2.99. The molecule has 2 heterocycles. The second-order valence-electron chi connectivity index (χ2n) is 4.58. The smallest absolute Gasteiger partial charge is 0.244 e. The highest BCUT2D eigenvalue weighted by molar-refractivity contribution is 7.99. The molecule has 0 radical (unpaired) electrons. The molecule has 1 N–H and O–H groups in total. The lowest BCUT2D eigenvalue weighted by Gasteiger charge is -2.25. The third kappa shape index (κ3) is 2.96. The number of rotatable bonds is 3. The molecule has 1 aromatic heterocycles. The average molecular weight is 285 g/mol. The molecule has 0 aliphatic carbocycles. The highest BCUT2D eigenvalue weighted by Crippen LogP contribution is 2.35. The van der Waals surface area contributed by atoms with Gasteiger partial charge in [0.05, 0.1) is 12.3 Å². The number of furan rings is 1. The van der Waals surface area contributed by atoms with Gasteiger partial charge in [0.2, 0.25) is 5.91 Å². The Balaban J connectivity index is 1.68. The van der Waals surface area contributed by atoms with E-state index >= 15 is 0 Å². The van der Waals surface area contributed by atoms with Gasteiger partial charge in [0.25, 0.3) is 0 Å². The first-order valence-corrected chi connectivity index (χ1v) is 7.55. The Labute approximate surface area is 122 Å². The summed E-state index contributed by atoms with van der Waals surface area (Å²) in [5.74, 6) is 1.62. The summed E-state index contributed by atoms with van der Waals surface area (Å²) in [7, 11) is 0. The van der Waals surface area contributed by atoms with E-state index in [0.29, 0.717) is 5.76 Å². The van der Waals surface area contributed by atoms with Gasteiger partial charge in [0.15, 0.2) is 0 Å². The Hall–Kier alpha value is -1.94. The topological polar surface area (TPSA) is 42.2 Å². The molecule has 20 heavy (non-hydrogen) atoms. The van der Waals surface area contributed by atoms with Crippen LogP contribution in [0.5, 0.6) is 0 Å². The van der Waals surface area contributed by atoms with Crippen molar-refractivity contribution < 1.29 is 9.21 Å². The van der Waals surface area contributed by atoms with E-state index in [9.17, 15) is 4.79 Å². The maximum absolute atomic E-state index is 12.0. The predicted molar refractivity (Wildman–Crippen MR) is 80.4 cm³/mol. The summed E-state index contributed by atoms with van der Waals surface area (Å²) < 4.78 is 5.16. The minimum absolute atomic E-state index is 0.0897. The van der Waals surface area contributed by atoms with Crippen molar-refractivity contribution in [2.24, 2.45) is 0 Å². The van der Waals surface area contributed by atoms with E-state index in [1.165, 1.54) is 16.5 Å². The van der Waals surface area contributed by atoms with Crippen LogP contribution in [0, 0.1) is 0 Å². The molecular weight excluding hydrogens is 270 g/mol. The number of thioether (sulfide) groups is 1. The van der Waals surface area contributed by atoms with Crippen molar-refractivity contribution in [3.05, 3.63) is 60.1 Å². The second-order valence-corrected chi connectivity index (χ2v) is 5.72. The first kappa shape index (κ1) is 13.1. The molecule has 1 aliphatic heterocycles. The Kier molecular flexibility index (Phi) is 3.92. The number of carbonyl (C=O) groups is 1. The van der Waals surface area contributed by atoms with Crippen molar-refractivity contribution in [1.82, 2.24) is 5.32 Å². The van der Waals surface area contributed by atoms with Gasteiger partial charge in [0, 0.05) is 16.7 Å². The summed E-state index contributed by atoms with van der Waals surface area (Å²) in [6.45, 7) is 0. The monoisotopic (exact) mass is 285 g/mol. The highest BCUT2D eigenvalue weighted by Gasteiger charge is 2.20. The number of hydrogen-bond donors (Lipinski definition) is 1. The van der Waals surface area contributed by atoms with E-state index in [-0.39, 0.29) is 11.9 Å². The highest BCUT2D eigenvalue weighted by atomic mass is 32.2. The van der Waals surface area contributed by atoms with Gasteiger partial charge in [-0.2, -0.15) is 0 Å². The van der Waals surface area contributed by atoms with Gasteiger partial charge in [-0.1, -0.05) is 18.2 Å². The van der Waals surface area contributed by atoms with Gasteiger partial charge in [-0.05, 0) is 36.3 Å². The summed E-state index contributed by atoms with van der Waals surface area (Å²) in [6.07, 6.45) is 5.75. The van der Waals surface area contributed by atoms with Crippen LogP contribution < -0.4 is 5.32 Å². The zero-order chi connectivity index (χ0) is 13.8. The Morgan fingerprint density at radius 3 is 3.05 bits per heavy atom. The lowest BCUT2D eigenvalue weighted by molar-refractivity contribution is -0.117. The molecule has 1 aliphatic rings. The number of nitrogens with one attached hydrogen (secondary N) is 1. The third-order valence-corrected chi connectivity index (χ3v) is 4.34. The lowest BCUT2D eigenvalue weighted by atomic mass is 10.0. The quantitative estimate of drug-likeness (QED) is 0.875. The summed E-state index contributed by atoms with van der Waals surface area (Å²) in [4.78, 5) is 13.2. The van der Waals surface area contributed by atoms with Gasteiger partial charge in [0.1, 0.15) is 5.76 Å². The standard InChI is InChI=1S/C16H15NO2S/c18-16(8-7-12-4-3-10-19-12)17-14-9-11-20-15-6-2-1-5-13(14)15/h1-8,10,14H,9,11H2,(H,17,18)/b8-7+. The molecule has 0 saturated heterocycles. The fourth-order valence-corrected chi connectivity index (χ4v) is 3.38. The molecule has 0 fully saturated rings. The fourth-order valence-electron chi connectivity index (χ4n) is 2.26. The van der Waals surface area contributed by atoms with Gasteiger partial charge >= 0.3 is 0 Å². The zero-order valence-corrected chi connectivity index (χ0v) is 11.7. The summed E-state index contributed by atoms with van der Waals surface area (Å²) >= 11 is 1.85. The van der Waals surface area contributed by atoms with Crippen LogP contribution in [-0.2, 0) is 4.79 Å². The number of amides is 1. The molecule has 0 bridgehead atoms. The van der Waals surface area contributed by atoms with E-state index < -0.39 is 0 Å². The van der Waals surface area contributed by atoms with Crippen LogP contribution in [0.25, 0.3) is 6.08 Å². The largest absolute Gasteiger partial charge is 0.465 e. The van der Waals surface area contributed by atoms with Crippen LogP contribution in [-0.4, -0.2) is 11.7 Å². The summed E-state index contributed by atoms with van der Waals surface area (Å²) in [6, 6.07) is 12.0. The Morgan fingerprint density at radius 2 is 2.20 bits per heavy atom. The molecule has 4 heteroatoms. The molecular formula is C16H15NO2S. The SMILES string of the molecule is O=C(/C=C/c1ccco1)NC1CCSc2ccccc21. The van der Waals surface area contributed by atoms with Crippen LogP contribution in [0.15, 0.2) is 58.1 Å². The minimum Gasteiger partial charge on any atom is -0.465 e. The fraction of sp³-hybridized carbons (Fsp3) is 0.188. The van der Waals surface area contributed by atoms with Crippen LogP contribution in [0.2, 0.25) is 0 Å². The molecule has 2 aromatic rings. The number of benzene rings is 1. The van der Waals surface area contributed by atoms with E-state index in [1.54, 1.807) is 18.4 Å². The second kappa shape index (κ2) is 6.01. The van der Waals surface area contributed by atoms with E-state index in [1.807, 2.05) is 30.0 Å². The summed E-state index contributed by atoms with van der Waals surface area (Å²) in [5, 5.41) is 3.06. The van der Waals surface area contributed by atoms with Crippen LogP contribution >= 0.6 is 11.8 Å². The maximum atomic E-state index is 12.0. The van der Waals surface area contributed by atoms with Gasteiger partial charge in [-0.15, -0.1) is 11.8 Å². The molecule has 1 atom stereocenters. The zero-order valence-electron chi connectivity index (χ0n) is 10.9. The van der Waals surface area contributed by atoms with Crippen molar-refractivity contribution in [3.8, 4) is 0 Å². The normalized spacial score (nSPS) is 17.9. The third-order valence-electron chi connectivity index (χ3n) is 3.22. The first-order valence-electron chi connectivity index (χ1n) is 6.57. The van der Waals surface area contributed by atoms with Crippen molar-refractivity contribution in [2.75, 3.05) is 5.75 Å². The Bertz CT molecular complexity index is 619. The molecule has 3 nitrogen and oxygen atoms in total. The minimum atomic E-state index is -0.0897.